The molecule has 1 heterocycles. The first kappa shape index (κ1) is 25.7. The topological polar surface area (TPSA) is 86.3 Å². The maximum atomic E-state index is 13.7. The van der Waals surface area contributed by atoms with Gasteiger partial charge in [0.05, 0.1) is 20.3 Å². The molecule has 1 N–H and O–H groups in total. The van der Waals surface area contributed by atoms with Crippen LogP contribution in [-0.4, -0.2) is 56.2 Å². The molecule has 8 nitrogen and oxygen atoms in total. The third-order valence-electron chi connectivity index (χ3n) is 6.69. The number of methoxy groups -OCH3 is 1. The van der Waals surface area contributed by atoms with Crippen molar-refractivity contribution in [3.05, 3.63) is 47.5 Å². The summed E-state index contributed by atoms with van der Waals surface area (Å²) in [4.78, 5) is 28.6. The van der Waals surface area contributed by atoms with Crippen molar-refractivity contribution in [1.29, 1.82) is 0 Å². The second-order valence-corrected chi connectivity index (χ2v) is 9.04. The summed E-state index contributed by atoms with van der Waals surface area (Å²) in [6.45, 7) is 5.11. The van der Waals surface area contributed by atoms with Crippen LogP contribution in [0.1, 0.15) is 56.7 Å². The van der Waals surface area contributed by atoms with Gasteiger partial charge in [0, 0.05) is 18.2 Å². The van der Waals surface area contributed by atoms with Gasteiger partial charge in [-0.1, -0.05) is 31.0 Å². The number of nitrogens with zero attached hydrogens (tertiary/aromatic N) is 1. The van der Waals surface area contributed by atoms with Crippen molar-refractivity contribution in [3.63, 3.8) is 0 Å². The highest BCUT2D eigenvalue weighted by atomic mass is 16.5. The quantitative estimate of drug-likeness (QED) is 0.534. The molecule has 8 heteroatoms. The number of nitrogens with one attached hydrogen (secondary N) is 1. The Hall–Kier alpha value is -3.42. The Morgan fingerprint density at radius 2 is 1.81 bits per heavy atom. The first-order chi connectivity index (χ1) is 17.5. The van der Waals surface area contributed by atoms with Gasteiger partial charge in [0.1, 0.15) is 6.04 Å². The highest BCUT2D eigenvalue weighted by Gasteiger charge is 2.38. The van der Waals surface area contributed by atoms with E-state index in [2.05, 4.69) is 5.32 Å². The monoisotopic (exact) mass is 496 g/mol. The molecule has 1 saturated carbocycles. The van der Waals surface area contributed by atoms with E-state index in [0.717, 1.165) is 31.2 Å². The van der Waals surface area contributed by atoms with Crippen LogP contribution >= 0.6 is 0 Å². The molecular formula is C28H36N2O6. The predicted molar refractivity (Wildman–Crippen MR) is 136 cm³/mol. The van der Waals surface area contributed by atoms with Crippen molar-refractivity contribution < 1.29 is 28.5 Å². The molecule has 0 aromatic heterocycles. The van der Waals surface area contributed by atoms with Crippen molar-refractivity contribution >= 4 is 11.8 Å². The van der Waals surface area contributed by atoms with Crippen LogP contribution in [0.4, 0.5) is 0 Å². The van der Waals surface area contributed by atoms with Crippen molar-refractivity contribution in [2.45, 2.75) is 58.0 Å². The van der Waals surface area contributed by atoms with E-state index in [0.29, 0.717) is 54.7 Å². The minimum absolute atomic E-state index is 0.132. The lowest BCUT2D eigenvalue weighted by Crippen LogP contribution is -2.47. The van der Waals surface area contributed by atoms with Crippen LogP contribution in [0.15, 0.2) is 36.4 Å². The van der Waals surface area contributed by atoms with Gasteiger partial charge in [-0.25, -0.2) is 0 Å². The molecule has 0 saturated heterocycles. The maximum absolute atomic E-state index is 13.7. The number of para-hydroxylation sites is 1. The third-order valence-corrected chi connectivity index (χ3v) is 6.69. The summed E-state index contributed by atoms with van der Waals surface area (Å²) >= 11 is 0. The molecule has 36 heavy (non-hydrogen) atoms. The number of rotatable bonds is 10. The average Bonchev–Trinajstić information content (AvgIpc) is 3.34. The SMILES string of the molecule is CCOc1ccc(CCN2C(=O)COc3c(OC)cccc3C2C(=O)NC2CCCC2)cc1OCC. The molecule has 0 spiro atoms. The number of hydrogen-bond donors (Lipinski definition) is 1. The lowest BCUT2D eigenvalue weighted by molar-refractivity contribution is -0.141. The number of benzene rings is 2. The summed E-state index contributed by atoms with van der Waals surface area (Å²) in [5.74, 6) is 1.90. The second-order valence-electron chi connectivity index (χ2n) is 9.04. The number of ether oxygens (including phenoxy) is 4. The zero-order valence-electron chi connectivity index (χ0n) is 21.4. The van der Waals surface area contributed by atoms with E-state index < -0.39 is 6.04 Å². The molecule has 1 atom stereocenters. The molecule has 2 amide bonds. The van der Waals surface area contributed by atoms with Gasteiger partial charge in [0.15, 0.2) is 29.6 Å². The van der Waals surface area contributed by atoms with E-state index >= 15 is 0 Å². The number of carbonyl (C=O) groups is 2. The Morgan fingerprint density at radius 3 is 2.53 bits per heavy atom. The molecule has 0 bridgehead atoms. The number of amides is 2. The highest BCUT2D eigenvalue weighted by Crippen LogP contribution is 2.40. The van der Waals surface area contributed by atoms with Crippen molar-refractivity contribution in [1.82, 2.24) is 10.2 Å². The molecule has 1 fully saturated rings. The lowest BCUT2D eigenvalue weighted by Gasteiger charge is -2.30. The van der Waals surface area contributed by atoms with Crippen LogP contribution in [-0.2, 0) is 16.0 Å². The van der Waals surface area contributed by atoms with Gasteiger partial charge in [-0.15, -0.1) is 0 Å². The molecule has 194 valence electrons. The van der Waals surface area contributed by atoms with Crippen LogP contribution in [0.5, 0.6) is 23.0 Å². The Morgan fingerprint density at radius 1 is 1.06 bits per heavy atom. The van der Waals surface area contributed by atoms with Gasteiger partial charge in [-0.05, 0) is 56.9 Å². The largest absolute Gasteiger partial charge is 0.493 e. The Bertz CT molecular complexity index is 1070. The smallest absolute Gasteiger partial charge is 0.261 e. The fourth-order valence-corrected chi connectivity index (χ4v) is 4.98. The van der Waals surface area contributed by atoms with E-state index in [1.54, 1.807) is 18.1 Å². The van der Waals surface area contributed by atoms with E-state index in [9.17, 15) is 9.59 Å². The van der Waals surface area contributed by atoms with Crippen molar-refractivity contribution in [2.75, 3.05) is 33.5 Å². The summed E-state index contributed by atoms with van der Waals surface area (Å²) in [7, 11) is 1.55. The van der Waals surface area contributed by atoms with E-state index in [4.69, 9.17) is 18.9 Å². The lowest BCUT2D eigenvalue weighted by atomic mass is 10.0. The van der Waals surface area contributed by atoms with E-state index in [1.165, 1.54) is 0 Å². The molecular weight excluding hydrogens is 460 g/mol. The van der Waals surface area contributed by atoms with Crippen LogP contribution in [0.2, 0.25) is 0 Å². The number of carbonyl (C=O) groups excluding carboxylic acids is 2. The summed E-state index contributed by atoms with van der Waals surface area (Å²) in [6, 6.07) is 10.6. The predicted octanol–water partition coefficient (Wildman–Crippen LogP) is 4.06. The molecule has 2 aromatic rings. The number of hydrogen-bond acceptors (Lipinski definition) is 6. The van der Waals surface area contributed by atoms with Gasteiger partial charge < -0.3 is 29.2 Å². The summed E-state index contributed by atoms with van der Waals surface area (Å²) < 4.78 is 22.8. The van der Waals surface area contributed by atoms with Crippen LogP contribution in [0.25, 0.3) is 0 Å². The average molecular weight is 497 g/mol. The molecule has 4 rings (SSSR count). The minimum atomic E-state index is -0.806. The van der Waals surface area contributed by atoms with Crippen LogP contribution < -0.4 is 24.3 Å². The molecule has 2 aromatic carbocycles. The Labute approximate surface area is 212 Å². The molecule has 1 aliphatic carbocycles. The zero-order chi connectivity index (χ0) is 25.5. The second kappa shape index (κ2) is 12.0. The maximum Gasteiger partial charge on any atom is 0.261 e. The summed E-state index contributed by atoms with van der Waals surface area (Å²) in [6.07, 6.45) is 4.67. The minimum Gasteiger partial charge on any atom is -0.493 e. The zero-order valence-corrected chi connectivity index (χ0v) is 21.4. The fourth-order valence-electron chi connectivity index (χ4n) is 4.98. The van der Waals surface area contributed by atoms with Crippen molar-refractivity contribution in [3.8, 4) is 23.0 Å². The third kappa shape index (κ3) is 5.69. The van der Waals surface area contributed by atoms with E-state index in [-0.39, 0.29) is 24.5 Å². The molecule has 1 unspecified atom stereocenters. The van der Waals surface area contributed by atoms with Crippen LogP contribution in [0, 0.1) is 0 Å². The summed E-state index contributed by atoms with van der Waals surface area (Å²) in [5, 5.41) is 3.19. The Kier molecular flexibility index (Phi) is 8.57. The van der Waals surface area contributed by atoms with Crippen molar-refractivity contribution in [2.24, 2.45) is 0 Å². The first-order valence-electron chi connectivity index (χ1n) is 12.8. The van der Waals surface area contributed by atoms with Gasteiger partial charge in [-0.2, -0.15) is 0 Å². The van der Waals surface area contributed by atoms with Gasteiger partial charge in [0.2, 0.25) is 5.91 Å². The van der Waals surface area contributed by atoms with E-state index in [1.807, 2.05) is 44.2 Å². The highest BCUT2D eigenvalue weighted by molar-refractivity contribution is 5.91. The molecule has 2 aliphatic rings. The number of fused-ring (bicyclic) bond motifs is 1. The van der Waals surface area contributed by atoms with Gasteiger partial charge in [0.25, 0.3) is 5.91 Å². The van der Waals surface area contributed by atoms with Gasteiger partial charge in [-0.3, -0.25) is 9.59 Å². The first-order valence-corrected chi connectivity index (χ1v) is 12.8. The Balaban J connectivity index is 1.63. The molecule has 0 radical (unpaired) electrons. The fraction of sp³-hybridized carbons (Fsp3) is 0.500. The molecule has 1 aliphatic heterocycles. The van der Waals surface area contributed by atoms with Crippen LogP contribution in [0.3, 0.4) is 0 Å². The normalized spacial score (nSPS) is 17.7. The summed E-state index contributed by atoms with van der Waals surface area (Å²) in [5.41, 5.74) is 1.62. The standard InChI is InChI=1S/C28H36N2O6/c1-4-34-22-14-13-19(17-24(22)35-5-2)15-16-30-25(31)18-36-27-21(11-8-12-23(27)33-3)26(30)28(32)29-20-9-6-7-10-20/h8,11-14,17,20,26H,4-7,9-10,15-16,18H2,1-3H3,(H,29,32). The van der Waals surface area contributed by atoms with Gasteiger partial charge >= 0.3 is 0 Å².